The van der Waals surface area contributed by atoms with Crippen LogP contribution in [-0.4, -0.2) is 31.0 Å². The zero-order valence-corrected chi connectivity index (χ0v) is 20.6. The molecule has 1 aliphatic carbocycles. The Bertz CT molecular complexity index is 1210. The first-order chi connectivity index (χ1) is 17.2. The molecule has 0 spiro atoms. The average Bonchev–Trinajstić information content (AvgIpc) is 3.29. The van der Waals surface area contributed by atoms with Crippen molar-refractivity contribution in [3.63, 3.8) is 0 Å². The van der Waals surface area contributed by atoms with E-state index >= 15 is 0 Å². The Hall–Kier alpha value is -2.76. The Morgan fingerprint density at radius 1 is 0.943 bits per heavy atom. The van der Waals surface area contributed by atoms with E-state index in [-0.39, 0.29) is 18.0 Å². The van der Waals surface area contributed by atoms with Crippen molar-refractivity contribution in [3.05, 3.63) is 77.9 Å². The van der Waals surface area contributed by atoms with Gasteiger partial charge in [0.25, 0.3) is 0 Å². The highest BCUT2D eigenvalue weighted by molar-refractivity contribution is 7.99. The first-order valence-corrected chi connectivity index (χ1v) is 13.6. The summed E-state index contributed by atoms with van der Waals surface area (Å²) in [6, 6.07) is 23.1. The smallest absolute Gasteiger partial charge is 0.231 e. The van der Waals surface area contributed by atoms with Crippen LogP contribution in [0.1, 0.15) is 43.2 Å². The molecule has 3 aromatic carbocycles. The fourth-order valence-electron chi connectivity index (χ4n) is 5.19. The molecule has 0 aromatic heterocycles. The van der Waals surface area contributed by atoms with Crippen molar-refractivity contribution in [2.75, 3.05) is 19.2 Å². The van der Waals surface area contributed by atoms with Gasteiger partial charge in [-0.05, 0) is 78.6 Å². The number of Topliss-reactive ketones (excluding diaryl/α,β-unsaturated/α-hetero) is 1. The van der Waals surface area contributed by atoms with E-state index in [1.54, 1.807) is 0 Å². The molecule has 2 heterocycles. The first kappa shape index (κ1) is 22.7. The number of ether oxygens (including phenoxy) is 3. The molecule has 4 nitrogen and oxygen atoms in total. The van der Waals surface area contributed by atoms with Crippen LogP contribution in [0.3, 0.4) is 0 Å². The summed E-state index contributed by atoms with van der Waals surface area (Å²) < 4.78 is 16.7. The highest BCUT2D eigenvalue weighted by Gasteiger charge is 2.50. The van der Waals surface area contributed by atoms with Crippen LogP contribution in [0.5, 0.6) is 11.5 Å². The second kappa shape index (κ2) is 9.71. The largest absolute Gasteiger partial charge is 0.454 e. The maximum absolute atomic E-state index is 13.4. The highest BCUT2D eigenvalue weighted by Crippen LogP contribution is 2.51. The minimum Gasteiger partial charge on any atom is -0.454 e. The van der Waals surface area contributed by atoms with E-state index in [1.807, 2.05) is 30.0 Å². The van der Waals surface area contributed by atoms with Gasteiger partial charge < -0.3 is 14.2 Å². The molecule has 5 heteroatoms. The lowest BCUT2D eigenvalue weighted by molar-refractivity contribution is -0.120. The zero-order valence-electron chi connectivity index (χ0n) is 19.8. The predicted molar refractivity (Wildman–Crippen MR) is 138 cm³/mol. The zero-order chi connectivity index (χ0) is 23.7. The van der Waals surface area contributed by atoms with Crippen molar-refractivity contribution >= 4 is 17.5 Å². The minimum atomic E-state index is -0.376. The molecule has 1 saturated heterocycles. The predicted octanol–water partition coefficient (Wildman–Crippen LogP) is 6.59. The first-order valence-electron chi connectivity index (χ1n) is 12.6. The lowest BCUT2D eigenvalue weighted by Crippen LogP contribution is -2.22. The normalized spacial score (nSPS) is 19.6. The lowest BCUT2D eigenvalue weighted by Gasteiger charge is -2.15. The molecule has 0 amide bonds. The van der Waals surface area contributed by atoms with Crippen molar-refractivity contribution in [2.24, 2.45) is 0 Å². The van der Waals surface area contributed by atoms with Gasteiger partial charge >= 0.3 is 0 Å². The van der Waals surface area contributed by atoms with Crippen LogP contribution in [0.25, 0.3) is 11.1 Å². The Labute approximate surface area is 211 Å². The van der Waals surface area contributed by atoms with Crippen LogP contribution in [0.4, 0.5) is 0 Å². The SMILES string of the molecule is O=C(Cc1cccc(-c2ccc(SCC[C@@H]3CCCO3)cc2)c1)C1(c2ccc3c(c2)OCO3)CC1. The van der Waals surface area contributed by atoms with E-state index in [1.165, 1.54) is 23.3 Å². The maximum Gasteiger partial charge on any atom is 0.231 e. The Morgan fingerprint density at radius 2 is 1.80 bits per heavy atom. The van der Waals surface area contributed by atoms with Gasteiger partial charge in [-0.3, -0.25) is 4.79 Å². The topological polar surface area (TPSA) is 44.8 Å². The average molecular weight is 487 g/mol. The fourth-order valence-corrected chi connectivity index (χ4v) is 6.13. The molecular weight excluding hydrogens is 456 g/mol. The van der Waals surface area contributed by atoms with Gasteiger partial charge in [0.15, 0.2) is 11.5 Å². The minimum absolute atomic E-state index is 0.252. The molecule has 6 rings (SSSR count). The van der Waals surface area contributed by atoms with Gasteiger partial charge in [0, 0.05) is 23.7 Å². The third-order valence-electron chi connectivity index (χ3n) is 7.42. The molecule has 3 aliphatic rings. The van der Waals surface area contributed by atoms with Crippen LogP contribution < -0.4 is 9.47 Å². The van der Waals surface area contributed by atoms with Gasteiger partial charge in [-0.15, -0.1) is 11.8 Å². The Balaban J connectivity index is 1.10. The summed E-state index contributed by atoms with van der Waals surface area (Å²) in [4.78, 5) is 14.7. The monoisotopic (exact) mass is 486 g/mol. The number of benzene rings is 3. The van der Waals surface area contributed by atoms with E-state index in [0.29, 0.717) is 12.5 Å². The molecule has 0 radical (unpaired) electrons. The van der Waals surface area contributed by atoms with Gasteiger partial charge in [0.05, 0.1) is 11.5 Å². The highest BCUT2D eigenvalue weighted by atomic mass is 32.2. The van der Waals surface area contributed by atoms with Crippen molar-refractivity contribution in [1.29, 1.82) is 0 Å². The summed E-state index contributed by atoms with van der Waals surface area (Å²) in [5.74, 6) is 2.88. The number of carbonyl (C=O) groups is 1. The number of carbonyl (C=O) groups excluding carboxylic acids is 1. The molecule has 1 saturated carbocycles. The lowest BCUT2D eigenvalue weighted by atomic mass is 9.87. The Morgan fingerprint density at radius 3 is 2.60 bits per heavy atom. The maximum atomic E-state index is 13.4. The fraction of sp³-hybridized carbons (Fsp3) is 0.367. The summed E-state index contributed by atoms with van der Waals surface area (Å²) in [6.07, 6.45) is 6.22. The second-order valence-electron chi connectivity index (χ2n) is 9.75. The van der Waals surface area contributed by atoms with E-state index < -0.39 is 0 Å². The molecule has 0 bridgehead atoms. The van der Waals surface area contributed by atoms with E-state index in [0.717, 1.165) is 59.8 Å². The van der Waals surface area contributed by atoms with Gasteiger partial charge in [-0.2, -0.15) is 0 Å². The summed E-state index contributed by atoms with van der Waals surface area (Å²) in [6.45, 7) is 1.18. The number of fused-ring (bicyclic) bond motifs is 1. The van der Waals surface area contributed by atoms with Crippen LogP contribution >= 0.6 is 11.8 Å². The van der Waals surface area contributed by atoms with Crippen LogP contribution in [0, 0.1) is 0 Å². The van der Waals surface area contributed by atoms with Crippen LogP contribution in [-0.2, 0) is 21.4 Å². The van der Waals surface area contributed by atoms with Gasteiger partial charge in [0.2, 0.25) is 6.79 Å². The van der Waals surface area contributed by atoms with E-state index in [4.69, 9.17) is 14.2 Å². The van der Waals surface area contributed by atoms with Crippen molar-refractivity contribution in [2.45, 2.75) is 54.9 Å². The second-order valence-corrected chi connectivity index (χ2v) is 10.9. The molecule has 3 aromatic rings. The number of ketones is 1. The Kier molecular flexibility index (Phi) is 6.29. The van der Waals surface area contributed by atoms with Crippen molar-refractivity contribution in [3.8, 4) is 22.6 Å². The van der Waals surface area contributed by atoms with E-state index in [9.17, 15) is 4.79 Å². The number of hydrogen-bond acceptors (Lipinski definition) is 5. The third-order valence-corrected chi connectivity index (χ3v) is 8.47. The molecule has 35 heavy (non-hydrogen) atoms. The van der Waals surface area contributed by atoms with Crippen molar-refractivity contribution < 1.29 is 19.0 Å². The molecule has 0 N–H and O–H groups in total. The number of hydrogen-bond donors (Lipinski definition) is 0. The van der Waals surface area contributed by atoms with Gasteiger partial charge in [0.1, 0.15) is 5.78 Å². The van der Waals surface area contributed by atoms with Crippen molar-refractivity contribution in [1.82, 2.24) is 0 Å². The quantitative estimate of drug-likeness (QED) is 0.319. The molecule has 0 unspecified atom stereocenters. The van der Waals surface area contributed by atoms with Gasteiger partial charge in [-0.1, -0.05) is 42.5 Å². The number of thioether (sulfide) groups is 1. The molecule has 180 valence electrons. The third kappa shape index (κ3) is 4.85. The summed E-state index contributed by atoms with van der Waals surface area (Å²) in [5, 5.41) is 0. The standard InChI is InChI=1S/C30H30O4S/c31-29(30(13-14-30)24-8-11-27-28(19-24)34-20-33-27)18-21-3-1-4-23(17-21)22-6-9-26(10-7-22)35-16-12-25-5-2-15-32-25/h1,3-4,6-11,17,19,25H,2,5,12-16,18,20H2/t25-/m0/s1. The molecule has 1 atom stereocenters. The van der Waals surface area contributed by atoms with Gasteiger partial charge in [-0.25, -0.2) is 0 Å². The summed E-state index contributed by atoms with van der Waals surface area (Å²) in [5.41, 5.74) is 4.07. The summed E-state index contributed by atoms with van der Waals surface area (Å²) in [7, 11) is 0. The molecule has 2 aliphatic heterocycles. The summed E-state index contributed by atoms with van der Waals surface area (Å²) >= 11 is 1.90. The van der Waals surface area contributed by atoms with Crippen LogP contribution in [0.2, 0.25) is 0 Å². The molecular formula is C30H30O4S. The van der Waals surface area contributed by atoms with Crippen LogP contribution in [0.15, 0.2) is 71.6 Å². The molecule has 2 fully saturated rings. The number of rotatable bonds is 9. The van der Waals surface area contributed by atoms with E-state index in [2.05, 4.69) is 48.5 Å².